The van der Waals surface area contributed by atoms with E-state index >= 15 is 0 Å². The van der Waals surface area contributed by atoms with Gasteiger partial charge in [-0.25, -0.2) is 10.8 Å². The lowest BCUT2D eigenvalue weighted by molar-refractivity contribution is 0.0953. The van der Waals surface area contributed by atoms with Gasteiger partial charge in [0.05, 0.1) is 11.7 Å². The monoisotopic (exact) mass is 268 g/mol. The second kappa shape index (κ2) is 5.02. The van der Waals surface area contributed by atoms with Gasteiger partial charge in [0, 0.05) is 23.2 Å². The van der Waals surface area contributed by atoms with E-state index in [9.17, 15) is 4.79 Å². The van der Waals surface area contributed by atoms with Gasteiger partial charge in [-0.05, 0) is 24.3 Å². The van der Waals surface area contributed by atoms with Crippen molar-refractivity contribution in [1.29, 1.82) is 0 Å². The number of fused-ring (bicyclic) bond motifs is 1. The molecule has 0 aliphatic rings. The molecule has 2 heterocycles. The van der Waals surface area contributed by atoms with Gasteiger partial charge in [-0.15, -0.1) is 0 Å². The predicted octanol–water partition coefficient (Wildman–Crippen LogP) is 1.96. The first-order chi connectivity index (χ1) is 9.76. The molecule has 6 heteroatoms. The van der Waals surface area contributed by atoms with Crippen LogP contribution in [0.15, 0.2) is 48.8 Å². The van der Waals surface area contributed by atoms with E-state index in [1.54, 1.807) is 30.5 Å². The van der Waals surface area contributed by atoms with Crippen LogP contribution < -0.4 is 16.0 Å². The fourth-order valence-electron chi connectivity index (χ4n) is 1.89. The van der Waals surface area contributed by atoms with E-state index in [-0.39, 0.29) is 5.91 Å². The molecular formula is C14H12N4O2. The van der Waals surface area contributed by atoms with Gasteiger partial charge in [-0.2, -0.15) is 0 Å². The zero-order valence-corrected chi connectivity index (χ0v) is 10.5. The Kier molecular flexibility index (Phi) is 3.06. The van der Waals surface area contributed by atoms with Crippen LogP contribution in [-0.2, 0) is 0 Å². The maximum Gasteiger partial charge on any atom is 0.265 e. The number of hydrogen-bond donors (Lipinski definition) is 3. The van der Waals surface area contributed by atoms with Gasteiger partial charge in [-0.3, -0.25) is 10.2 Å². The second-order valence-electron chi connectivity index (χ2n) is 4.19. The zero-order chi connectivity index (χ0) is 13.9. The Bertz CT molecular complexity index is 766. The minimum absolute atomic E-state index is 0.371. The molecule has 1 aromatic carbocycles. The van der Waals surface area contributed by atoms with Gasteiger partial charge < -0.3 is 9.72 Å². The fraction of sp³-hybridized carbons (Fsp3) is 0. The Morgan fingerprint density at radius 2 is 2.20 bits per heavy atom. The van der Waals surface area contributed by atoms with Crippen molar-refractivity contribution in [2.24, 2.45) is 5.84 Å². The number of aromatic nitrogens is 2. The van der Waals surface area contributed by atoms with Crippen LogP contribution in [0, 0.1) is 0 Å². The van der Waals surface area contributed by atoms with Crippen LogP contribution in [0.2, 0.25) is 0 Å². The summed E-state index contributed by atoms with van der Waals surface area (Å²) in [5.74, 6) is 5.71. The van der Waals surface area contributed by atoms with E-state index in [4.69, 9.17) is 10.6 Å². The summed E-state index contributed by atoms with van der Waals surface area (Å²) in [5.41, 5.74) is 3.44. The Morgan fingerprint density at radius 3 is 3.05 bits per heavy atom. The third kappa shape index (κ3) is 2.32. The third-order valence-corrected chi connectivity index (χ3v) is 2.86. The molecule has 4 N–H and O–H groups in total. The molecule has 0 fully saturated rings. The highest BCUT2D eigenvalue weighted by atomic mass is 16.5. The van der Waals surface area contributed by atoms with Crippen molar-refractivity contribution in [2.75, 3.05) is 0 Å². The molecular weight excluding hydrogens is 256 g/mol. The first-order valence-electron chi connectivity index (χ1n) is 5.98. The van der Waals surface area contributed by atoms with Gasteiger partial charge in [0.25, 0.3) is 5.91 Å². The summed E-state index contributed by atoms with van der Waals surface area (Å²) in [4.78, 5) is 18.7. The third-order valence-electron chi connectivity index (χ3n) is 2.86. The first kappa shape index (κ1) is 12.2. The molecule has 20 heavy (non-hydrogen) atoms. The van der Waals surface area contributed by atoms with Crippen LogP contribution in [0.1, 0.15) is 10.4 Å². The van der Waals surface area contributed by atoms with Crippen molar-refractivity contribution in [1.82, 2.24) is 15.4 Å². The minimum Gasteiger partial charge on any atom is -0.439 e. The Balaban J connectivity index is 1.88. The highest BCUT2D eigenvalue weighted by Gasteiger charge is 2.06. The van der Waals surface area contributed by atoms with Gasteiger partial charge in [0.2, 0.25) is 5.88 Å². The number of carbonyl (C=O) groups is 1. The van der Waals surface area contributed by atoms with Crippen LogP contribution in [0.4, 0.5) is 0 Å². The van der Waals surface area contributed by atoms with E-state index in [0.717, 1.165) is 10.9 Å². The molecule has 0 aliphatic heterocycles. The van der Waals surface area contributed by atoms with Crippen molar-refractivity contribution in [3.8, 4) is 11.6 Å². The molecule has 0 radical (unpaired) electrons. The molecule has 2 aromatic heterocycles. The number of nitrogens with one attached hydrogen (secondary N) is 2. The zero-order valence-electron chi connectivity index (χ0n) is 10.5. The number of hydrazine groups is 1. The number of aromatic amines is 1. The van der Waals surface area contributed by atoms with E-state index < -0.39 is 0 Å². The fourth-order valence-corrected chi connectivity index (χ4v) is 1.89. The summed E-state index contributed by atoms with van der Waals surface area (Å²) in [5, 5.41) is 1.01. The SMILES string of the molecule is NNC(=O)c1cccc(Oc2cc3cc[nH]c3cn2)c1. The molecule has 6 nitrogen and oxygen atoms in total. The number of nitrogens with zero attached hydrogens (tertiary/aromatic N) is 1. The molecule has 0 aliphatic carbocycles. The lowest BCUT2D eigenvalue weighted by atomic mass is 10.2. The topological polar surface area (TPSA) is 93.0 Å². The summed E-state index contributed by atoms with van der Waals surface area (Å²) in [6.45, 7) is 0. The van der Waals surface area contributed by atoms with Crippen LogP contribution in [0.3, 0.4) is 0 Å². The molecule has 0 atom stereocenters. The minimum atomic E-state index is -0.371. The number of nitrogen functional groups attached to an aromatic ring is 1. The van der Waals surface area contributed by atoms with Crippen LogP contribution in [0.5, 0.6) is 11.6 Å². The molecule has 0 unspecified atom stereocenters. The molecule has 0 saturated heterocycles. The summed E-state index contributed by atoms with van der Waals surface area (Å²) in [7, 11) is 0. The molecule has 0 saturated carbocycles. The molecule has 100 valence electrons. The molecule has 3 rings (SSSR count). The largest absolute Gasteiger partial charge is 0.439 e. The van der Waals surface area contributed by atoms with Crippen LogP contribution >= 0.6 is 0 Å². The van der Waals surface area contributed by atoms with Crippen molar-refractivity contribution >= 4 is 16.8 Å². The summed E-state index contributed by atoms with van der Waals surface area (Å²) >= 11 is 0. The summed E-state index contributed by atoms with van der Waals surface area (Å²) in [6, 6.07) is 10.5. The summed E-state index contributed by atoms with van der Waals surface area (Å²) < 4.78 is 5.65. The number of hydrogen-bond acceptors (Lipinski definition) is 4. The van der Waals surface area contributed by atoms with Crippen LogP contribution in [-0.4, -0.2) is 15.9 Å². The lowest BCUT2D eigenvalue weighted by Crippen LogP contribution is -2.29. The number of nitrogens with two attached hydrogens (primary N) is 1. The molecule has 1 amide bonds. The number of pyridine rings is 1. The number of benzene rings is 1. The Morgan fingerprint density at radius 1 is 1.30 bits per heavy atom. The number of amides is 1. The van der Waals surface area contributed by atoms with E-state index in [2.05, 4.69) is 15.4 Å². The van der Waals surface area contributed by atoms with Crippen molar-refractivity contribution in [3.05, 3.63) is 54.4 Å². The van der Waals surface area contributed by atoms with Gasteiger partial charge >= 0.3 is 0 Å². The van der Waals surface area contributed by atoms with E-state index in [0.29, 0.717) is 17.2 Å². The lowest BCUT2D eigenvalue weighted by Gasteiger charge is -2.06. The number of H-pyrrole nitrogens is 1. The molecule has 0 bridgehead atoms. The Labute approximate surface area is 114 Å². The maximum atomic E-state index is 11.4. The van der Waals surface area contributed by atoms with Crippen molar-refractivity contribution in [2.45, 2.75) is 0 Å². The van der Waals surface area contributed by atoms with Crippen LogP contribution in [0.25, 0.3) is 10.9 Å². The van der Waals surface area contributed by atoms with Gasteiger partial charge in [0.15, 0.2) is 0 Å². The standard InChI is InChI=1S/C14H12N4O2/c15-18-14(19)10-2-1-3-11(6-10)20-13-7-9-4-5-16-12(9)8-17-13/h1-8,16H,15H2,(H,18,19). The highest BCUT2D eigenvalue weighted by molar-refractivity contribution is 5.94. The number of ether oxygens (including phenoxy) is 1. The van der Waals surface area contributed by atoms with Crippen molar-refractivity contribution < 1.29 is 9.53 Å². The first-order valence-corrected chi connectivity index (χ1v) is 5.98. The summed E-state index contributed by atoms with van der Waals surface area (Å²) in [6.07, 6.45) is 3.53. The van der Waals surface area contributed by atoms with E-state index in [1.807, 2.05) is 18.3 Å². The smallest absolute Gasteiger partial charge is 0.265 e. The number of carbonyl (C=O) groups excluding carboxylic acids is 1. The van der Waals surface area contributed by atoms with Gasteiger partial charge in [0.1, 0.15) is 5.75 Å². The predicted molar refractivity (Wildman–Crippen MR) is 74.3 cm³/mol. The average Bonchev–Trinajstić information content (AvgIpc) is 2.94. The van der Waals surface area contributed by atoms with E-state index in [1.165, 1.54) is 0 Å². The average molecular weight is 268 g/mol. The number of rotatable bonds is 3. The molecule has 3 aromatic rings. The highest BCUT2D eigenvalue weighted by Crippen LogP contribution is 2.23. The second-order valence-corrected chi connectivity index (χ2v) is 4.19. The Hall–Kier alpha value is -2.86. The normalized spacial score (nSPS) is 10.4. The van der Waals surface area contributed by atoms with Crippen molar-refractivity contribution in [3.63, 3.8) is 0 Å². The molecule has 0 spiro atoms. The maximum absolute atomic E-state index is 11.4. The van der Waals surface area contributed by atoms with Gasteiger partial charge in [-0.1, -0.05) is 6.07 Å². The quantitative estimate of drug-likeness (QED) is 0.384.